The minimum Gasteiger partial charge on any atom is -0.493 e. The first-order valence-electron chi connectivity index (χ1n) is 6.55. The van der Waals surface area contributed by atoms with E-state index in [1.807, 2.05) is 6.07 Å². The van der Waals surface area contributed by atoms with E-state index in [-0.39, 0.29) is 5.92 Å². The third kappa shape index (κ3) is 2.05. The Morgan fingerprint density at radius 2 is 2.16 bits per heavy atom. The minimum absolute atomic E-state index is 0.251. The summed E-state index contributed by atoms with van der Waals surface area (Å²) in [5.41, 5.74) is 3.00. The fraction of sp³-hybridized carbons (Fsp3) is 0.533. The molecule has 1 aliphatic carbocycles. The number of carbonyl (C=O) groups is 1. The lowest BCUT2D eigenvalue weighted by atomic mass is 9.71. The molecule has 0 radical (unpaired) electrons. The number of ether oxygens (including phenoxy) is 2. The van der Waals surface area contributed by atoms with Gasteiger partial charge in [0.15, 0.2) is 11.5 Å². The van der Waals surface area contributed by atoms with E-state index in [4.69, 9.17) is 9.47 Å². The standard InChI is InChI=1S/C15H20O4/c1-5-8(2)12-13-9(6-10(13)15(16)17)7-11(18-3)14(12)19-4/h7-8,10H,5-6H2,1-4H3,(H,16,17)/t8?,10-/m0/s1. The number of rotatable bonds is 5. The van der Waals surface area contributed by atoms with Gasteiger partial charge in [0.25, 0.3) is 0 Å². The van der Waals surface area contributed by atoms with Crippen molar-refractivity contribution in [1.82, 2.24) is 0 Å². The Morgan fingerprint density at radius 1 is 1.47 bits per heavy atom. The van der Waals surface area contributed by atoms with E-state index in [0.29, 0.717) is 17.9 Å². The summed E-state index contributed by atoms with van der Waals surface area (Å²) in [6.07, 6.45) is 1.51. The third-order valence-electron chi connectivity index (χ3n) is 4.01. The molecule has 0 amide bonds. The number of hydrogen-bond acceptors (Lipinski definition) is 3. The summed E-state index contributed by atoms with van der Waals surface area (Å²) >= 11 is 0. The molecule has 1 aliphatic rings. The lowest BCUT2D eigenvalue weighted by Crippen LogP contribution is -2.28. The Hall–Kier alpha value is -1.71. The molecular weight excluding hydrogens is 244 g/mol. The van der Waals surface area contributed by atoms with Crippen LogP contribution in [0.1, 0.15) is 48.8 Å². The average Bonchev–Trinajstić information content (AvgIpc) is 2.37. The zero-order chi connectivity index (χ0) is 14.2. The molecule has 4 nitrogen and oxygen atoms in total. The molecule has 1 N–H and O–H groups in total. The summed E-state index contributed by atoms with van der Waals surface area (Å²) in [5, 5.41) is 9.28. The fourth-order valence-corrected chi connectivity index (χ4v) is 2.77. The minimum atomic E-state index is -0.760. The van der Waals surface area contributed by atoms with Gasteiger partial charge in [-0.3, -0.25) is 4.79 Å². The molecule has 0 saturated carbocycles. The van der Waals surface area contributed by atoms with Gasteiger partial charge in [0.1, 0.15) is 0 Å². The van der Waals surface area contributed by atoms with E-state index < -0.39 is 11.9 Å². The Morgan fingerprint density at radius 3 is 2.63 bits per heavy atom. The normalized spacial score (nSPS) is 18.2. The van der Waals surface area contributed by atoms with Crippen LogP contribution in [-0.2, 0) is 11.2 Å². The largest absolute Gasteiger partial charge is 0.493 e. The maximum absolute atomic E-state index is 11.3. The zero-order valence-corrected chi connectivity index (χ0v) is 11.8. The highest BCUT2D eigenvalue weighted by atomic mass is 16.5. The Kier molecular flexibility index (Phi) is 3.69. The van der Waals surface area contributed by atoms with Crippen LogP contribution in [0, 0.1) is 0 Å². The van der Waals surface area contributed by atoms with E-state index >= 15 is 0 Å². The van der Waals surface area contributed by atoms with Gasteiger partial charge in [0.05, 0.1) is 20.1 Å². The molecule has 1 aromatic rings. The summed E-state index contributed by atoms with van der Waals surface area (Å²) < 4.78 is 10.8. The van der Waals surface area contributed by atoms with Gasteiger partial charge < -0.3 is 14.6 Å². The van der Waals surface area contributed by atoms with E-state index in [9.17, 15) is 9.90 Å². The molecule has 0 bridgehead atoms. The Bertz CT molecular complexity index is 507. The van der Waals surface area contributed by atoms with E-state index in [2.05, 4.69) is 13.8 Å². The topological polar surface area (TPSA) is 55.8 Å². The second kappa shape index (κ2) is 5.11. The van der Waals surface area contributed by atoms with Crippen LogP contribution in [0.25, 0.3) is 0 Å². The van der Waals surface area contributed by atoms with Crippen molar-refractivity contribution in [2.45, 2.75) is 38.5 Å². The van der Waals surface area contributed by atoms with Crippen molar-refractivity contribution in [3.63, 3.8) is 0 Å². The summed E-state index contributed by atoms with van der Waals surface area (Å²) in [7, 11) is 3.21. The molecule has 2 atom stereocenters. The fourth-order valence-electron chi connectivity index (χ4n) is 2.77. The van der Waals surface area contributed by atoms with Gasteiger partial charge in [-0.05, 0) is 36.0 Å². The summed E-state index contributed by atoms with van der Waals surface area (Å²) in [4.78, 5) is 11.3. The Balaban J connectivity index is 2.64. The average molecular weight is 264 g/mol. The van der Waals surface area contributed by atoms with Crippen LogP contribution in [0.5, 0.6) is 11.5 Å². The number of carboxylic acid groups (broad SMARTS) is 1. The lowest BCUT2D eigenvalue weighted by Gasteiger charge is -2.33. The lowest BCUT2D eigenvalue weighted by molar-refractivity contribution is -0.139. The third-order valence-corrected chi connectivity index (χ3v) is 4.01. The van der Waals surface area contributed by atoms with Crippen molar-refractivity contribution < 1.29 is 19.4 Å². The summed E-state index contributed by atoms with van der Waals surface area (Å²) in [6, 6.07) is 1.90. The molecule has 0 fully saturated rings. The highest BCUT2D eigenvalue weighted by molar-refractivity contribution is 5.82. The predicted octanol–water partition coefficient (Wildman–Crippen LogP) is 2.94. The molecule has 19 heavy (non-hydrogen) atoms. The summed E-state index contributed by atoms with van der Waals surface area (Å²) in [6.45, 7) is 4.18. The van der Waals surface area contributed by atoms with E-state index in [0.717, 1.165) is 23.1 Å². The highest BCUT2D eigenvalue weighted by Crippen LogP contribution is 2.49. The predicted molar refractivity (Wildman–Crippen MR) is 72.3 cm³/mol. The number of aliphatic carboxylic acids is 1. The second-order valence-corrected chi connectivity index (χ2v) is 5.00. The highest BCUT2D eigenvalue weighted by Gasteiger charge is 2.38. The quantitative estimate of drug-likeness (QED) is 0.888. The molecule has 0 saturated heterocycles. The molecular formula is C15H20O4. The van der Waals surface area contributed by atoms with Crippen LogP contribution < -0.4 is 9.47 Å². The van der Waals surface area contributed by atoms with Gasteiger partial charge in [-0.15, -0.1) is 0 Å². The monoisotopic (exact) mass is 264 g/mol. The van der Waals surface area contributed by atoms with Crippen LogP contribution in [0.2, 0.25) is 0 Å². The Labute approximate surface area is 113 Å². The van der Waals surface area contributed by atoms with Crippen molar-refractivity contribution in [3.05, 3.63) is 22.8 Å². The van der Waals surface area contributed by atoms with Crippen molar-refractivity contribution in [2.24, 2.45) is 0 Å². The first-order valence-corrected chi connectivity index (χ1v) is 6.55. The number of methoxy groups -OCH3 is 2. The van der Waals surface area contributed by atoms with Crippen LogP contribution in [0.15, 0.2) is 6.07 Å². The van der Waals surface area contributed by atoms with Crippen LogP contribution in [0.3, 0.4) is 0 Å². The molecule has 1 unspecified atom stereocenters. The van der Waals surface area contributed by atoms with Gasteiger partial charge >= 0.3 is 5.97 Å². The van der Waals surface area contributed by atoms with Crippen LogP contribution in [-0.4, -0.2) is 25.3 Å². The van der Waals surface area contributed by atoms with Gasteiger partial charge in [-0.25, -0.2) is 0 Å². The van der Waals surface area contributed by atoms with Gasteiger partial charge in [-0.1, -0.05) is 13.8 Å². The first-order chi connectivity index (χ1) is 9.04. The SMILES string of the molecule is CCC(C)c1c(OC)c(OC)cc2c1[C@@H](C(=O)O)C2. The maximum Gasteiger partial charge on any atom is 0.311 e. The van der Waals surface area contributed by atoms with Gasteiger partial charge in [0, 0.05) is 5.56 Å². The van der Waals surface area contributed by atoms with E-state index in [1.165, 1.54) is 0 Å². The van der Waals surface area contributed by atoms with Crippen molar-refractivity contribution in [1.29, 1.82) is 0 Å². The number of carboxylic acids is 1. The second-order valence-electron chi connectivity index (χ2n) is 5.00. The molecule has 1 aromatic carbocycles. The van der Waals surface area contributed by atoms with Crippen molar-refractivity contribution >= 4 is 5.97 Å². The maximum atomic E-state index is 11.3. The van der Waals surface area contributed by atoms with E-state index in [1.54, 1.807) is 14.2 Å². The molecule has 0 heterocycles. The number of benzene rings is 1. The van der Waals surface area contributed by atoms with Crippen molar-refractivity contribution in [3.8, 4) is 11.5 Å². The van der Waals surface area contributed by atoms with Crippen LogP contribution >= 0.6 is 0 Å². The number of hydrogen-bond donors (Lipinski definition) is 1. The molecule has 104 valence electrons. The smallest absolute Gasteiger partial charge is 0.311 e. The van der Waals surface area contributed by atoms with Gasteiger partial charge in [-0.2, -0.15) is 0 Å². The molecule has 0 aliphatic heterocycles. The zero-order valence-electron chi connectivity index (χ0n) is 11.8. The summed E-state index contributed by atoms with van der Waals surface area (Å²) in [5.74, 6) is 0.464. The van der Waals surface area contributed by atoms with Crippen LogP contribution in [0.4, 0.5) is 0 Å². The number of fused-ring (bicyclic) bond motifs is 1. The molecule has 4 heteroatoms. The molecule has 0 aromatic heterocycles. The first kappa shape index (κ1) is 13.7. The molecule has 2 rings (SSSR count). The molecule has 0 spiro atoms. The van der Waals surface area contributed by atoms with Crippen molar-refractivity contribution in [2.75, 3.05) is 14.2 Å². The van der Waals surface area contributed by atoms with Gasteiger partial charge in [0.2, 0.25) is 0 Å².